The molecule has 0 bridgehead atoms. The van der Waals surface area contributed by atoms with E-state index >= 15 is 0 Å². The third-order valence-electron chi connectivity index (χ3n) is 4.39. The molecule has 2 amide bonds. The largest absolute Gasteiger partial charge is 0.356 e. The number of rotatable bonds is 6. The molecule has 0 atom stereocenters. The zero-order valence-electron chi connectivity index (χ0n) is 12.9. The lowest BCUT2D eigenvalue weighted by Crippen LogP contribution is -2.54. The summed E-state index contributed by atoms with van der Waals surface area (Å²) in [7, 11) is 0. The molecule has 2 saturated heterocycles. The molecular weight excluding hydrogens is 290 g/mol. The number of nitrogens with one attached hydrogen (secondary N) is 2. The second kappa shape index (κ2) is 9.26. The van der Waals surface area contributed by atoms with Crippen LogP contribution in [0.2, 0.25) is 0 Å². The van der Waals surface area contributed by atoms with E-state index < -0.39 is 0 Å². The van der Waals surface area contributed by atoms with Crippen LogP contribution in [-0.4, -0.2) is 49.4 Å². The molecule has 21 heavy (non-hydrogen) atoms. The number of carbonyl (C=O) groups excluding carboxylic acids is 2. The molecule has 2 heterocycles. The molecule has 6 heteroatoms. The van der Waals surface area contributed by atoms with Crippen LogP contribution >= 0.6 is 12.4 Å². The lowest BCUT2D eigenvalue weighted by molar-refractivity contribution is -0.140. The summed E-state index contributed by atoms with van der Waals surface area (Å²) in [4.78, 5) is 26.0. The Morgan fingerprint density at radius 3 is 2.33 bits per heavy atom. The first kappa shape index (κ1) is 18.2. The van der Waals surface area contributed by atoms with Crippen molar-refractivity contribution in [2.45, 2.75) is 39.0 Å². The molecule has 0 aromatic heterocycles. The van der Waals surface area contributed by atoms with E-state index in [4.69, 9.17) is 0 Å². The highest BCUT2D eigenvalue weighted by atomic mass is 35.5. The molecule has 0 unspecified atom stereocenters. The smallest absolute Gasteiger partial charge is 0.228 e. The van der Waals surface area contributed by atoms with Crippen LogP contribution in [0.5, 0.6) is 0 Å². The molecule has 2 fully saturated rings. The maximum absolute atomic E-state index is 12.1. The fraction of sp³-hybridized carbons (Fsp3) is 0.867. The van der Waals surface area contributed by atoms with Gasteiger partial charge < -0.3 is 15.5 Å². The van der Waals surface area contributed by atoms with Crippen molar-refractivity contribution in [3.63, 3.8) is 0 Å². The van der Waals surface area contributed by atoms with Crippen LogP contribution in [0.4, 0.5) is 0 Å². The molecular formula is C15H28ClN3O2. The van der Waals surface area contributed by atoms with Gasteiger partial charge in [0.15, 0.2) is 0 Å². The molecule has 0 spiro atoms. The lowest BCUT2D eigenvalue weighted by Gasteiger charge is -2.36. The van der Waals surface area contributed by atoms with Crippen molar-refractivity contribution in [2.24, 2.45) is 11.8 Å². The average molecular weight is 318 g/mol. The first-order valence-electron chi connectivity index (χ1n) is 7.99. The lowest BCUT2D eigenvalue weighted by atomic mass is 9.93. The molecule has 0 saturated carbocycles. The summed E-state index contributed by atoms with van der Waals surface area (Å²) in [6.45, 7) is 6.06. The van der Waals surface area contributed by atoms with Crippen molar-refractivity contribution in [2.75, 3.05) is 32.7 Å². The van der Waals surface area contributed by atoms with Gasteiger partial charge in [-0.05, 0) is 19.3 Å². The second-order valence-electron chi connectivity index (χ2n) is 5.95. The predicted molar refractivity (Wildman–Crippen MR) is 85.4 cm³/mol. The molecule has 0 aromatic rings. The van der Waals surface area contributed by atoms with E-state index in [0.717, 1.165) is 52.0 Å². The van der Waals surface area contributed by atoms with E-state index in [1.165, 1.54) is 12.8 Å². The van der Waals surface area contributed by atoms with Gasteiger partial charge in [0.25, 0.3) is 0 Å². The Labute approximate surface area is 133 Å². The molecule has 0 radical (unpaired) electrons. The van der Waals surface area contributed by atoms with Crippen molar-refractivity contribution < 1.29 is 9.59 Å². The molecule has 2 aliphatic heterocycles. The summed E-state index contributed by atoms with van der Waals surface area (Å²) >= 11 is 0. The number of halogens is 1. The highest BCUT2D eigenvalue weighted by molar-refractivity contribution is 5.85. The van der Waals surface area contributed by atoms with Crippen LogP contribution in [0, 0.1) is 11.8 Å². The first-order valence-corrected chi connectivity index (χ1v) is 7.99. The minimum atomic E-state index is 0. The van der Waals surface area contributed by atoms with Gasteiger partial charge in [0.2, 0.25) is 11.8 Å². The zero-order chi connectivity index (χ0) is 14.4. The van der Waals surface area contributed by atoms with E-state index in [1.54, 1.807) is 0 Å². The van der Waals surface area contributed by atoms with Gasteiger partial charge in [-0.2, -0.15) is 0 Å². The molecule has 0 aliphatic carbocycles. The Bertz CT molecular complexity index is 340. The second-order valence-corrected chi connectivity index (χ2v) is 5.95. The SMILES string of the molecule is CCCCCNC(=O)C1CCN(C(=O)C2CNC2)CC1.Cl. The highest BCUT2D eigenvalue weighted by Gasteiger charge is 2.32. The Hall–Kier alpha value is -0.810. The maximum atomic E-state index is 12.1. The summed E-state index contributed by atoms with van der Waals surface area (Å²) < 4.78 is 0. The van der Waals surface area contributed by atoms with Gasteiger partial charge in [-0.1, -0.05) is 19.8 Å². The Balaban J connectivity index is 0.00000220. The molecule has 2 aliphatic rings. The zero-order valence-corrected chi connectivity index (χ0v) is 13.7. The Morgan fingerprint density at radius 1 is 1.14 bits per heavy atom. The van der Waals surface area contributed by atoms with E-state index in [9.17, 15) is 9.59 Å². The van der Waals surface area contributed by atoms with Gasteiger partial charge >= 0.3 is 0 Å². The quantitative estimate of drug-likeness (QED) is 0.723. The summed E-state index contributed by atoms with van der Waals surface area (Å²) in [5, 5.41) is 6.15. The molecule has 2 N–H and O–H groups in total. The van der Waals surface area contributed by atoms with Crippen LogP contribution in [-0.2, 0) is 9.59 Å². The predicted octanol–water partition coefficient (Wildman–Crippen LogP) is 1.17. The van der Waals surface area contributed by atoms with Crippen molar-refractivity contribution in [3.8, 4) is 0 Å². The summed E-state index contributed by atoms with van der Waals surface area (Å²) in [5.41, 5.74) is 0. The fourth-order valence-corrected chi connectivity index (χ4v) is 2.81. The summed E-state index contributed by atoms with van der Waals surface area (Å²) in [6, 6.07) is 0. The topological polar surface area (TPSA) is 61.4 Å². The standard InChI is InChI=1S/C15H27N3O2.ClH/c1-2-3-4-7-17-14(19)12-5-8-18(9-6-12)15(20)13-10-16-11-13;/h12-13,16H,2-11H2,1H3,(H,17,19);1H. The van der Waals surface area contributed by atoms with E-state index in [0.29, 0.717) is 0 Å². The van der Waals surface area contributed by atoms with E-state index in [-0.39, 0.29) is 36.1 Å². The first-order chi connectivity index (χ1) is 9.72. The van der Waals surface area contributed by atoms with Gasteiger partial charge in [0, 0.05) is 38.6 Å². The number of hydrogen-bond donors (Lipinski definition) is 2. The van der Waals surface area contributed by atoms with Gasteiger partial charge in [-0.15, -0.1) is 12.4 Å². The van der Waals surface area contributed by atoms with Gasteiger partial charge in [-0.3, -0.25) is 9.59 Å². The van der Waals surface area contributed by atoms with Crippen LogP contribution in [0.15, 0.2) is 0 Å². The van der Waals surface area contributed by atoms with E-state index in [1.807, 2.05) is 4.90 Å². The summed E-state index contributed by atoms with van der Waals surface area (Å²) in [5.74, 6) is 0.721. The number of piperidine rings is 1. The number of likely N-dealkylation sites (tertiary alicyclic amines) is 1. The Kier molecular flexibility index (Phi) is 8.04. The minimum absolute atomic E-state index is 0. The number of hydrogen-bond acceptors (Lipinski definition) is 3. The molecule has 122 valence electrons. The molecule has 2 rings (SSSR count). The monoisotopic (exact) mass is 317 g/mol. The third-order valence-corrected chi connectivity index (χ3v) is 4.39. The fourth-order valence-electron chi connectivity index (χ4n) is 2.81. The maximum Gasteiger partial charge on any atom is 0.228 e. The number of carbonyl (C=O) groups is 2. The van der Waals surface area contributed by atoms with E-state index in [2.05, 4.69) is 17.6 Å². The molecule has 5 nitrogen and oxygen atoms in total. The van der Waals surface area contributed by atoms with Crippen LogP contribution in [0.25, 0.3) is 0 Å². The van der Waals surface area contributed by atoms with Crippen LogP contribution < -0.4 is 10.6 Å². The normalized spacial score (nSPS) is 19.6. The number of unbranched alkanes of at least 4 members (excludes halogenated alkanes) is 2. The molecule has 0 aromatic carbocycles. The van der Waals surface area contributed by atoms with Crippen molar-refractivity contribution in [1.82, 2.24) is 15.5 Å². The highest BCUT2D eigenvalue weighted by Crippen LogP contribution is 2.20. The third kappa shape index (κ3) is 5.15. The average Bonchev–Trinajstić information content (AvgIpc) is 2.41. The van der Waals surface area contributed by atoms with Crippen LogP contribution in [0.1, 0.15) is 39.0 Å². The summed E-state index contributed by atoms with van der Waals surface area (Å²) in [6.07, 6.45) is 5.03. The Morgan fingerprint density at radius 2 is 1.81 bits per heavy atom. The minimum Gasteiger partial charge on any atom is -0.356 e. The van der Waals surface area contributed by atoms with Gasteiger partial charge in [-0.25, -0.2) is 0 Å². The number of nitrogens with zero attached hydrogens (tertiary/aromatic N) is 1. The van der Waals surface area contributed by atoms with Crippen molar-refractivity contribution in [1.29, 1.82) is 0 Å². The van der Waals surface area contributed by atoms with Crippen LogP contribution in [0.3, 0.4) is 0 Å². The van der Waals surface area contributed by atoms with Crippen molar-refractivity contribution >= 4 is 24.2 Å². The van der Waals surface area contributed by atoms with Gasteiger partial charge in [0.1, 0.15) is 0 Å². The number of amides is 2. The van der Waals surface area contributed by atoms with Crippen molar-refractivity contribution in [3.05, 3.63) is 0 Å². The van der Waals surface area contributed by atoms with Gasteiger partial charge in [0.05, 0.1) is 5.92 Å².